The molecule has 0 radical (unpaired) electrons. The van der Waals surface area contributed by atoms with Gasteiger partial charge in [0, 0.05) is 68.8 Å². The highest BCUT2D eigenvalue weighted by Gasteiger charge is 2.30. The second-order valence-electron chi connectivity index (χ2n) is 20.8. The molecule has 0 amide bonds. The lowest BCUT2D eigenvalue weighted by molar-refractivity contribution is 0.459. The van der Waals surface area contributed by atoms with Crippen LogP contribution in [0.1, 0.15) is 122 Å². The van der Waals surface area contributed by atoms with Crippen LogP contribution < -0.4 is 0 Å². The van der Waals surface area contributed by atoms with Gasteiger partial charge in [-0.15, -0.1) is 0 Å². The third-order valence-electron chi connectivity index (χ3n) is 14.7. The zero-order valence-corrected chi connectivity index (χ0v) is 42.1. The first-order valence-electron chi connectivity index (χ1n) is 24.2. The molecule has 360 valence electrons. The van der Waals surface area contributed by atoms with Crippen LogP contribution in [0.2, 0.25) is 0 Å². The quantitative estimate of drug-likeness (QED) is 0.113. The lowest BCUT2D eigenvalue weighted by atomic mass is 9.73. The zero-order chi connectivity index (χ0) is 51.0. The van der Waals surface area contributed by atoms with E-state index < -0.39 is 0 Å². The van der Waals surface area contributed by atoms with Crippen molar-refractivity contribution in [3.63, 3.8) is 0 Å². The fraction of sp³-hybridized carbons (Fsp3) is 0.188. The Balaban J connectivity index is 1.04. The molecule has 0 aliphatic carbocycles. The number of hydrogen-bond acceptors (Lipinski definition) is 8. The number of hydrogen-bond donors (Lipinski definition) is 4. The summed E-state index contributed by atoms with van der Waals surface area (Å²) in [7, 11) is 0. The van der Waals surface area contributed by atoms with Gasteiger partial charge in [0.05, 0.1) is 22.7 Å². The second-order valence-corrected chi connectivity index (χ2v) is 20.8. The molecule has 0 aromatic heterocycles. The highest BCUT2D eigenvalue weighted by atomic mass is 16.3. The number of phenols is 4. The Morgan fingerprint density at radius 3 is 0.639 bits per heavy atom. The van der Waals surface area contributed by atoms with Gasteiger partial charge in [-0.25, -0.2) is 0 Å². The van der Waals surface area contributed by atoms with E-state index in [4.69, 9.17) is 0 Å². The highest BCUT2D eigenvalue weighted by molar-refractivity contribution is 5.93. The van der Waals surface area contributed by atoms with Gasteiger partial charge in [0.15, 0.2) is 0 Å². The summed E-state index contributed by atoms with van der Waals surface area (Å²) in [5.41, 5.74) is 12.2. The Hall–Kier alpha value is -8.36. The second kappa shape index (κ2) is 19.1. The number of benzene rings is 8. The zero-order valence-electron chi connectivity index (χ0n) is 42.1. The molecule has 8 aromatic rings. The molecule has 0 spiro atoms. The number of aliphatic imine (C=N–C) groups is 4. The number of aromatic hydroxyl groups is 4. The normalized spacial score (nSPS) is 15.7. The number of rotatable bonds is 0. The monoisotopic (exact) mass is 948 g/mol. The van der Waals surface area contributed by atoms with Gasteiger partial charge in [-0.2, -0.15) is 0 Å². The van der Waals surface area contributed by atoms with Crippen molar-refractivity contribution < 1.29 is 20.4 Å². The van der Waals surface area contributed by atoms with E-state index in [0.29, 0.717) is 45.0 Å². The highest BCUT2D eigenvalue weighted by Crippen LogP contribution is 2.40. The minimum atomic E-state index is -0.333. The van der Waals surface area contributed by atoms with E-state index >= 15 is 0 Å². The van der Waals surface area contributed by atoms with Crippen LogP contribution in [0.5, 0.6) is 23.0 Å². The van der Waals surface area contributed by atoms with Crippen molar-refractivity contribution >= 4 is 47.6 Å². The molecule has 4 N–H and O–H groups in total. The summed E-state index contributed by atoms with van der Waals surface area (Å²) in [4.78, 5) is 18.6. The summed E-state index contributed by atoms with van der Waals surface area (Å²) >= 11 is 0. The molecule has 18 rings (SSSR count). The fourth-order valence-corrected chi connectivity index (χ4v) is 9.32. The first-order valence-corrected chi connectivity index (χ1v) is 24.2. The molecule has 10 aliphatic rings. The first-order chi connectivity index (χ1) is 34.3. The average molecular weight is 949 g/mol. The molecule has 16 bridgehead atoms. The minimum absolute atomic E-state index is 0.0224. The van der Waals surface area contributed by atoms with E-state index in [1.165, 1.54) is 46.5 Å². The largest absolute Gasteiger partial charge is 0.507 e. The molecule has 0 saturated carbocycles. The van der Waals surface area contributed by atoms with Crippen LogP contribution in [0.4, 0.5) is 22.7 Å². The molecular formula is C64H60N4O4. The van der Waals surface area contributed by atoms with Gasteiger partial charge in [-0.05, 0) is 117 Å². The van der Waals surface area contributed by atoms with E-state index in [9.17, 15) is 20.4 Å². The maximum Gasteiger partial charge on any atom is 0.125 e. The molecule has 0 saturated heterocycles. The van der Waals surface area contributed by atoms with Gasteiger partial charge >= 0.3 is 0 Å². The van der Waals surface area contributed by atoms with Gasteiger partial charge in [0.2, 0.25) is 0 Å². The van der Waals surface area contributed by atoms with Crippen molar-refractivity contribution in [3.8, 4) is 23.0 Å². The summed E-state index contributed by atoms with van der Waals surface area (Å²) in [6, 6.07) is 55.7. The van der Waals surface area contributed by atoms with Crippen LogP contribution in [0, 0.1) is 0 Å². The average Bonchev–Trinajstić information content (AvgIpc) is 3.38. The molecule has 0 fully saturated rings. The lowest BCUT2D eigenvalue weighted by Crippen LogP contribution is -2.22. The minimum Gasteiger partial charge on any atom is -0.507 e. The van der Waals surface area contributed by atoms with Crippen LogP contribution in [-0.2, 0) is 21.7 Å². The summed E-state index contributed by atoms with van der Waals surface area (Å²) in [5.74, 6) is -0.0897. The van der Waals surface area contributed by atoms with Gasteiger partial charge in [0.1, 0.15) is 23.0 Å². The number of nitrogens with zero attached hydrogens (tertiary/aromatic N) is 4. The first kappa shape index (κ1) is 48.7. The molecule has 72 heavy (non-hydrogen) atoms. The third-order valence-corrected chi connectivity index (χ3v) is 14.7. The lowest BCUT2D eigenvalue weighted by Gasteiger charge is -2.31. The standard InChI is InChI=1S/C64H60N4O4/c1-61(2)45-15-23-53(24-16-45)65-37-41-31-58(70)42(32-57(41)69)39-67-55-27-19-47(20-28-55)63(5,6)51-13-10-14-52(36-51)64(7,8)48-21-29-56(30-22-48)68-40-44-34-59(71)43(33-60(44)72)38-66-54-25-17-46(18-26-54)62(3,4)50-12-9-11-49(61)35-50/h9-40,69-72H,1-8H3. The molecule has 8 nitrogen and oxygen atoms in total. The predicted molar refractivity (Wildman–Crippen MR) is 296 cm³/mol. The van der Waals surface area contributed by atoms with Gasteiger partial charge < -0.3 is 20.4 Å². The van der Waals surface area contributed by atoms with Crippen molar-refractivity contribution in [1.29, 1.82) is 0 Å². The number of phenolic OH excluding ortho intramolecular Hbond substituents is 4. The maximum absolute atomic E-state index is 11.0. The van der Waals surface area contributed by atoms with Gasteiger partial charge in [0.25, 0.3) is 0 Å². The Labute approximate surface area is 422 Å². The van der Waals surface area contributed by atoms with Crippen molar-refractivity contribution in [2.75, 3.05) is 0 Å². The summed E-state index contributed by atoms with van der Waals surface area (Å²) < 4.78 is 0. The molecule has 8 heteroatoms. The summed E-state index contributed by atoms with van der Waals surface area (Å²) in [6.07, 6.45) is 6.22. The molecule has 10 heterocycles. The van der Waals surface area contributed by atoms with Crippen molar-refractivity contribution in [1.82, 2.24) is 0 Å². The summed E-state index contributed by atoms with van der Waals surface area (Å²) in [5, 5.41) is 44.1. The van der Waals surface area contributed by atoms with Gasteiger partial charge in [-0.3, -0.25) is 20.0 Å². The Kier molecular flexibility index (Phi) is 12.9. The maximum atomic E-state index is 11.0. The topological polar surface area (TPSA) is 130 Å². The molecule has 0 unspecified atom stereocenters. The predicted octanol–water partition coefficient (Wildman–Crippen LogP) is 15.1. The van der Waals surface area contributed by atoms with Crippen LogP contribution in [0.3, 0.4) is 0 Å². The molecule has 8 aromatic carbocycles. The van der Waals surface area contributed by atoms with Crippen LogP contribution in [0.25, 0.3) is 0 Å². The molecule has 10 aliphatic heterocycles. The van der Waals surface area contributed by atoms with Crippen molar-refractivity contribution in [2.24, 2.45) is 20.0 Å². The van der Waals surface area contributed by atoms with E-state index in [-0.39, 0.29) is 44.7 Å². The van der Waals surface area contributed by atoms with E-state index in [0.717, 1.165) is 22.3 Å². The van der Waals surface area contributed by atoms with Crippen molar-refractivity contribution in [3.05, 3.63) is 237 Å². The Morgan fingerprint density at radius 2 is 0.444 bits per heavy atom. The van der Waals surface area contributed by atoms with Crippen LogP contribution in [0.15, 0.2) is 190 Å². The smallest absolute Gasteiger partial charge is 0.125 e. The molecular weight excluding hydrogens is 889 g/mol. The fourth-order valence-electron chi connectivity index (χ4n) is 9.32. The van der Waals surface area contributed by atoms with Gasteiger partial charge in [-0.1, -0.05) is 152 Å². The van der Waals surface area contributed by atoms with Crippen molar-refractivity contribution in [2.45, 2.75) is 77.0 Å². The van der Waals surface area contributed by atoms with Crippen LogP contribution in [-0.4, -0.2) is 45.3 Å². The van der Waals surface area contributed by atoms with E-state index in [2.05, 4.69) is 172 Å². The Morgan fingerprint density at radius 1 is 0.250 bits per heavy atom. The SMILES string of the molecule is CC1(C)c2ccc(cc2)N=Cc2cc(O)c(cc2O)C=Nc2ccc(cc2)C(C)(C)c2cccc(c2)C(C)(C)c2ccc(cc2)N=Cc2cc(O)c(cc2O)C=Nc2ccc(cc2)C(C)(C)c2cccc1c2. The van der Waals surface area contributed by atoms with E-state index in [1.807, 2.05) is 48.5 Å². The van der Waals surface area contributed by atoms with E-state index in [1.54, 1.807) is 24.9 Å². The Bertz CT molecular complexity index is 2970. The van der Waals surface area contributed by atoms with Crippen LogP contribution >= 0.6 is 0 Å². The summed E-state index contributed by atoms with van der Waals surface area (Å²) in [6.45, 7) is 17.7. The molecule has 0 atom stereocenters. The third kappa shape index (κ3) is 9.86.